The third kappa shape index (κ3) is 3.25. The molecule has 0 aliphatic carbocycles. The van der Waals surface area contributed by atoms with Crippen LogP contribution in [0.15, 0.2) is 12.1 Å². The Morgan fingerprint density at radius 3 is 2.62 bits per heavy atom. The number of esters is 1. The van der Waals surface area contributed by atoms with Crippen molar-refractivity contribution in [2.45, 2.75) is 12.5 Å². The number of benzene rings is 1. The number of carbonyl (C=O) groups excluding carboxylic acids is 1. The van der Waals surface area contributed by atoms with Crippen molar-refractivity contribution < 1.29 is 9.53 Å². The van der Waals surface area contributed by atoms with Crippen molar-refractivity contribution in [1.29, 1.82) is 0 Å². The van der Waals surface area contributed by atoms with E-state index in [4.69, 9.17) is 40.5 Å². The van der Waals surface area contributed by atoms with E-state index < -0.39 is 12.0 Å². The molecule has 0 saturated carbocycles. The fourth-order valence-corrected chi connectivity index (χ4v) is 1.98. The Balaban J connectivity index is 2.99. The summed E-state index contributed by atoms with van der Waals surface area (Å²) in [6.07, 6.45) is 0.0207. The zero-order valence-corrected chi connectivity index (χ0v) is 10.7. The van der Waals surface area contributed by atoms with Crippen molar-refractivity contribution in [2.75, 3.05) is 7.11 Å². The number of carbonyl (C=O) groups is 1. The maximum atomic E-state index is 11.1. The normalized spacial score (nSPS) is 12.3. The Labute approximate surface area is 108 Å². The Bertz CT molecular complexity index is 409. The fourth-order valence-electron chi connectivity index (χ4n) is 1.22. The number of halogens is 3. The highest BCUT2D eigenvalue weighted by molar-refractivity contribution is 6.43. The minimum atomic E-state index is -0.587. The van der Waals surface area contributed by atoms with Gasteiger partial charge < -0.3 is 10.5 Å². The van der Waals surface area contributed by atoms with Gasteiger partial charge in [-0.05, 0) is 17.7 Å². The Morgan fingerprint density at radius 2 is 2.06 bits per heavy atom. The van der Waals surface area contributed by atoms with Crippen LogP contribution in [0.5, 0.6) is 0 Å². The monoisotopic (exact) mass is 281 g/mol. The van der Waals surface area contributed by atoms with E-state index in [1.54, 1.807) is 6.07 Å². The molecule has 3 nitrogen and oxygen atoms in total. The van der Waals surface area contributed by atoms with E-state index in [9.17, 15) is 4.79 Å². The smallest absolute Gasteiger partial charge is 0.307 e. The number of hydrogen-bond donors (Lipinski definition) is 1. The first-order valence-corrected chi connectivity index (χ1v) is 5.56. The van der Waals surface area contributed by atoms with Crippen LogP contribution in [0.1, 0.15) is 18.0 Å². The molecule has 88 valence electrons. The van der Waals surface area contributed by atoms with Gasteiger partial charge in [0.25, 0.3) is 0 Å². The predicted octanol–water partition coefficient (Wildman–Crippen LogP) is 3.21. The van der Waals surface area contributed by atoms with Crippen LogP contribution in [0.3, 0.4) is 0 Å². The maximum Gasteiger partial charge on any atom is 0.307 e. The summed E-state index contributed by atoms with van der Waals surface area (Å²) in [7, 11) is 1.29. The van der Waals surface area contributed by atoms with Gasteiger partial charge in [-0.15, -0.1) is 0 Å². The molecule has 1 rings (SSSR count). The molecule has 1 aromatic carbocycles. The highest BCUT2D eigenvalue weighted by atomic mass is 35.5. The van der Waals surface area contributed by atoms with Gasteiger partial charge in [0.05, 0.1) is 23.6 Å². The van der Waals surface area contributed by atoms with Crippen LogP contribution in [0, 0.1) is 0 Å². The lowest BCUT2D eigenvalue weighted by Gasteiger charge is -2.13. The minimum Gasteiger partial charge on any atom is -0.469 e. The average molecular weight is 283 g/mol. The first-order valence-electron chi connectivity index (χ1n) is 4.42. The van der Waals surface area contributed by atoms with Gasteiger partial charge in [0.15, 0.2) is 0 Å². The molecule has 16 heavy (non-hydrogen) atoms. The molecule has 0 fully saturated rings. The molecule has 0 aliphatic rings. The van der Waals surface area contributed by atoms with E-state index in [0.717, 1.165) is 0 Å². The summed E-state index contributed by atoms with van der Waals surface area (Å²) in [5, 5.41) is 1.04. The number of ether oxygens (including phenoxy) is 1. The van der Waals surface area contributed by atoms with Crippen molar-refractivity contribution in [3.8, 4) is 0 Å². The summed E-state index contributed by atoms with van der Waals surface area (Å²) in [5.41, 5.74) is 6.34. The topological polar surface area (TPSA) is 52.3 Å². The van der Waals surface area contributed by atoms with Crippen molar-refractivity contribution in [2.24, 2.45) is 5.73 Å². The molecular weight excluding hydrogens is 272 g/mol. The molecule has 1 atom stereocenters. The van der Waals surface area contributed by atoms with Crippen LogP contribution in [0.25, 0.3) is 0 Å². The maximum absolute atomic E-state index is 11.1. The van der Waals surface area contributed by atoms with Crippen molar-refractivity contribution in [3.63, 3.8) is 0 Å². The molecule has 6 heteroatoms. The third-order valence-electron chi connectivity index (χ3n) is 2.03. The van der Waals surface area contributed by atoms with E-state index in [-0.39, 0.29) is 6.42 Å². The minimum absolute atomic E-state index is 0.0207. The molecule has 0 heterocycles. The number of methoxy groups -OCH3 is 1. The summed E-state index contributed by atoms with van der Waals surface area (Å²) >= 11 is 17.6. The van der Waals surface area contributed by atoms with Gasteiger partial charge in [0.1, 0.15) is 0 Å². The number of nitrogens with two attached hydrogens (primary N) is 1. The molecular formula is C10H10Cl3NO2. The number of rotatable bonds is 3. The van der Waals surface area contributed by atoms with E-state index in [2.05, 4.69) is 4.74 Å². The molecule has 0 aromatic heterocycles. The van der Waals surface area contributed by atoms with Crippen LogP contribution in [-0.2, 0) is 9.53 Å². The third-order valence-corrected chi connectivity index (χ3v) is 3.07. The second-order valence-electron chi connectivity index (χ2n) is 3.18. The van der Waals surface area contributed by atoms with E-state index in [1.807, 2.05) is 0 Å². The molecule has 0 bridgehead atoms. The Kier molecular flexibility index (Phi) is 4.87. The Morgan fingerprint density at radius 1 is 1.44 bits per heavy atom. The number of hydrogen-bond acceptors (Lipinski definition) is 3. The zero-order valence-electron chi connectivity index (χ0n) is 8.47. The van der Waals surface area contributed by atoms with Gasteiger partial charge in [-0.3, -0.25) is 4.79 Å². The van der Waals surface area contributed by atoms with Crippen LogP contribution in [0.4, 0.5) is 0 Å². The molecule has 2 N–H and O–H groups in total. The molecule has 0 amide bonds. The van der Waals surface area contributed by atoms with Crippen LogP contribution in [-0.4, -0.2) is 13.1 Å². The predicted molar refractivity (Wildman–Crippen MR) is 65.0 cm³/mol. The van der Waals surface area contributed by atoms with E-state index >= 15 is 0 Å². The summed E-state index contributed by atoms with van der Waals surface area (Å²) < 4.78 is 4.51. The summed E-state index contributed by atoms with van der Waals surface area (Å²) in [4.78, 5) is 11.1. The summed E-state index contributed by atoms with van der Waals surface area (Å²) in [6.45, 7) is 0. The largest absolute Gasteiger partial charge is 0.469 e. The van der Waals surface area contributed by atoms with Crippen molar-refractivity contribution in [3.05, 3.63) is 32.8 Å². The second-order valence-corrected chi connectivity index (χ2v) is 4.40. The van der Waals surface area contributed by atoms with E-state index in [0.29, 0.717) is 20.6 Å². The fraction of sp³-hybridized carbons (Fsp3) is 0.300. The van der Waals surface area contributed by atoms with Gasteiger partial charge in [0.2, 0.25) is 0 Å². The first-order chi connectivity index (χ1) is 7.45. The Hall–Kier alpha value is -0.480. The SMILES string of the molecule is COC(=O)C[C@H](N)c1cc(Cl)cc(Cl)c1Cl. The van der Waals surface area contributed by atoms with Gasteiger partial charge in [0, 0.05) is 11.1 Å². The van der Waals surface area contributed by atoms with Crippen molar-refractivity contribution >= 4 is 40.8 Å². The zero-order chi connectivity index (χ0) is 12.3. The highest BCUT2D eigenvalue weighted by Crippen LogP contribution is 2.33. The van der Waals surface area contributed by atoms with Crippen LogP contribution >= 0.6 is 34.8 Å². The standard InChI is InChI=1S/C10H10Cl3NO2/c1-16-9(15)4-8(14)6-2-5(11)3-7(12)10(6)13/h2-3,8H,4,14H2,1H3/t8-/m0/s1. The summed E-state index contributed by atoms with van der Waals surface area (Å²) in [5.74, 6) is -0.417. The lowest BCUT2D eigenvalue weighted by molar-refractivity contribution is -0.141. The van der Waals surface area contributed by atoms with Gasteiger partial charge in [-0.25, -0.2) is 0 Å². The molecule has 0 aliphatic heterocycles. The van der Waals surface area contributed by atoms with Gasteiger partial charge in [-0.2, -0.15) is 0 Å². The molecule has 1 aromatic rings. The lowest BCUT2D eigenvalue weighted by atomic mass is 10.0. The van der Waals surface area contributed by atoms with Gasteiger partial charge in [-0.1, -0.05) is 34.8 Å². The van der Waals surface area contributed by atoms with E-state index in [1.165, 1.54) is 13.2 Å². The van der Waals surface area contributed by atoms with Crippen LogP contribution in [0.2, 0.25) is 15.1 Å². The molecule has 0 saturated heterocycles. The highest BCUT2D eigenvalue weighted by Gasteiger charge is 2.17. The first kappa shape index (κ1) is 13.6. The summed E-state index contributed by atoms with van der Waals surface area (Å²) in [6, 6.07) is 2.51. The molecule has 0 radical (unpaired) electrons. The quantitative estimate of drug-likeness (QED) is 0.684. The molecule has 0 spiro atoms. The lowest BCUT2D eigenvalue weighted by Crippen LogP contribution is -2.16. The average Bonchev–Trinajstić information content (AvgIpc) is 2.22. The van der Waals surface area contributed by atoms with Crippen LogP contribution < -0.4 is 5.73 Å². The van der Waals surface area contributed by atoms with Gasteiger partial charge >= 0.3 is 5.97 Å². The second kappa shape index (κ2) is 5.73. The van der Waals surface area contributed by atoms with Crippen molar-refractivity contribution in [1.82, 2.24) is 0 Å². The molecule has 0 unspecified atom stereocenters.